The van der Waals surface area contributed by atoms with E-state index in [9.17, 15) is 4.79 Å². The van der Waals surface area contributed by atoms with Gasteiger partial charge in [0.2, 0.25) is 5.91 Å². The Bertz CT molecular complexity index is 382. The summed E-state index contributed by atoms with van der Waals surface area (Å²) in [5, 5.41) is 3.60. The van der Waals surface area contributed by atoms with Crippen LogP contribution in [0.25, 0.3) is 0 Å². The molecule has 0 aliphatic heterocycles. The van der Waals surface area contributed by atoms with Gasteiger partial charge in [0.1, 0.15) is 0 Å². The molecular weight excluding hydrogens is 247 g/mol. The number of halogens is 2. The van der Waals surface area contributed by atoms with Gasteiger partial charge in [0.15, 0.2) is 0 Å². The molecule has 5 heteroatoms. The Morgan fingerprint density at radius 2 is 2.19 bits per heavy atom. The Balaban J connectivity index is 2.69. The zero-order valence-electron chi connectivity index (χ0n) is 8.97. The van der Waals surface area contributed by atoms with Crippen LogP contribution in [-0.4, -0.2) is 11.9 Å². The molecule has 1 rings (SSSR count). The van der Waals surface area contributed by atoms with Crippen LogP contribution in [0.15, 0.2) is 18.2 Å². The summed E-state index contributed by atoms with van der Waals surface area (Å²) in [7, 11) is 0. The fourth-order valence-corrected chi connectivity index (χ4v) is 1.71. The lowest BCUT2D eigenvalue weighted by Gasteiger charge is -2.12. The molecule has 0 unspecified atom stereocenters. The van der Waals surface area contributed by atoms with Crippen molar-refractivity contribution in [2.75, 3.05) is 5.32 Å². The lowest BCUT2D eigenvalue weighted by molar-refractivity contribution is -0.117. The molecular formula is C11H14Cl2N2O. The molecule has 0 aliphatic carbocycles. The van der Waals surface area contributed by atoms with Crippen LogP contribution in [0.3, 0.4) is 0 Å². The predicted octanol–water partition coefficient (Wildman–Crippen LogP) is 3.06. The number of nitrogens with two attached hydrogens (primary N) is 1. The predicted molar refractivity (Wildman–Crippen MR) is 68.0 cm³/mol. The summed E-state index contributed by atoms with van der Waals surface area (Å²) < 4.78 is 0. The zero-order valence-corrected chi connectivity index (χ0v) is 10.5. The second kappa shape index (κ2) is 6.09. The van der Waals surface area contributed by atoms with Crippen LogP contribution < -0.4 is 11.1 Å². The lowest BCUT2D eigenvalue weighted by atomic mass is 10.1. The summed E-state index contributed by atoms with van der Waals surface area (Å²) in [6, 6.07) is 4.39. The number of carbonyl (C=O) groups is 1. The van der Waals surface area contributed by atoms with Crippen molar-refractivity contribution in [1.82, 2.24) is 0 Å². The van der Waals surface area contributed by atoms with Gasteiger partial charge in [-0.2, -0.15) is 0 Å². The molecule has 1 aromatic carbocycles. The number of nitrogens with one attached hydrogen (secondary N) is 1. The first kappa shape index (κ1) is 13.3. The van der Waals surface area contributed by atoms with Gasteiger partial charge in [-0.1, -0.05) is 36.5 Å². The Kier molecular flexibility index (Phi) is 5.06. The number of hydrogen-bond acceptors (Lipinski definition) is 2. The van der Waals surface area contributed by atoms with Crippen molar-refractivity contribution in [2.45, 2.75) is 25.8 Å². The van der Waals surface area contributed by atoms with Gasteiger partial charge < -0.3 is 11.1 Å². The van der Waals surface area contributed by atoms with E-state index in [1.807, 2.05) is 6.92 Å². The van der Waals surface area contributed by atoms with Crippen LogP contribution in [0, 0.1) is 0 Å². The van der Waals surface area contributed by atoms with Crippen LogP contribution in [0.4, 0.5) is 5.69 Å². The first-order valence-electron chi connectivity index (χ1n) is 5.06. The highest BCUT2D eigenvalue weighted by atomic mass is 35.5. The highest BCUT2D eigenvalue weighted by Gasteiger charge is 2.13. The first-order valence-corrected chi connectivity index (χ1v) is 5.81. The maximum Gasteiger partial charge on any atom is 0.241 e. The molecule has 16 heavy (non-hydrogen) atoms. The van der Waals surface area contributed by atoms with E-state index in [4.69, 9.17) is 28.9 Å². The number of anilines is 1. The summed E-state index contributed by atoms with van der Waals surface area (Å²) in [6.45, 7) is 1.97. The van der Waals surface area contributed by atoms with Crippen molar-refractivity contribution in [3.05, 3.63) is 28.2 Å². The molecule has 3 N–H and O–H groups in total. The number of rotatable bonds is 4. The molecule has 0 heterocycles. The summed E-state index contributed by atoms with van der Waals surface area (Å²) in [5.74, 6) is -0.230. The fourth-order valence-electron chi connectivity index (χ4n) is 1.26. The molecule has 0 bridgehead atoms. The van der Waals surface area contributed by atoms with Crippen LogP contribution >= 0.6 is 23.2 Å². The van der Waals surface area contributed by atoms with E-state index in [0.29, 0.717) is 22.2 Å². The smallest absolute Gasteiger partial charge is 0.241 e. The van der Waals surface area contributed by atoms with Crippen molar-refractivity contribution in [1.29, 1.82) is 0 Å². The number of carbonyl (C=O) groups excluding carboxylic acids is 1. The number of hydrogen-bond donors (Lipinski definition) is 2. The van der Waals surface area contributed by atoms with Crippen LogP contribution in [0.1, 0.15) is 19.8 Å². The van der Waals surface area contributed by atoms with Gasteiger partial charge in [0.05, 0.1) is 16.8 Å². The normalized spacial score (nSPS) is 12.2. The third-order valence-corrected chi connectivity index (χ3v) is 2.67. The lowest BCUT2D eigenvalue weighted by Crippen LogP contribution is -2.35. The minimum Gasteiger partial charge on any atom is -0.323 e. The second-order valence-electron chi connectivity index (χ2n) is 3.51. The van der Waals surface area contributed by atoms with Crippen molar-refractivity contribution < 1.29 is 4.79 Å². The third kappa shape index (κ3) is 3.67. The maximum atomic E-state index is 11.6. The molecule has 0 spiro atoms. The molecule has 0 fully saturated rings. The Morgan fingerprint density at radius 3 is 2.75 bits per heavy atom. The van der Waals surface area contributed by atoms with Crippen molar-refractivity contribution in [3.63, 3.8) is 0 Å². The molecule has 1 atom stereocenters. The van der Waals surface area contributed by atoms with Gasteiger partial charge in [0, 0.05) is 5.02 Å². The summed E-state index contributed by atoms with van der Waals surface area (Å²) in [5.41, 5.74) is 6.20. The van der Waals surface area contributed by atoms with Crippen molar-refractivity contribution in [3.8, 4) is 0 Å². The van der Waals surface area contributed by atoms with Gasteiger partial charge in [-0.25, -0.2) is 0 Å². The zero-order chi connectivity index (χ0) is 12.1. The standard InChI is InChI=1S/C11H14Cl2N2O/c1-2-3-9(14)11(16)15-10-5-4-7(12)6-8(10)13/h4-6,9H,2-3,14H2,1H3,(H,15,16)/t9-/m0/s1. The first-order chi connectivity index (χ1) is 7.54. The topological polar surface area (TPSA) is 55.1 Å². The van der Waals surface area contributed by atoms with Crippen LogP contribution in [-0.2, 0) is 4.79 Å². The van der Waals surface area contributed by atoms with Crippen molar-refractivity contribution >= 4 is 34.8 Å². The largest absolute Gasteiger partial charge is 0.323 e. The summed E-state index contributed by atoms with van der Waals surface area (Å²) in [6.07, 6.45) is 1.51. The maximum absolute atomic E-state index is 11.6. The minimum absolute atomic E-state index is 0.230. The monoisotopic (exact) mass is 260 g/mol. The third-order valence-electron chi connectivity index (χ3n) is 2.13. The van der Waals surface area contributed by atoms with E-state index in [0.717, 1.165) is 6.42 Å². The molecule has 0 aromatic heterocycles. The van der Waals surface area contributed by atoms with Gasteiger partial charge in [0.25, 0.3) is 0 Å². The molecule has 1 amide bonds. The van der Waals surface area contributed by atoms with E-state index in [1.165, 1.54) is 0 Å². The molecule has 0 radical (unpaired) electrons. The summed E-state index contributed by atoms with van der Waals surface area (Å²) in [4.78, 5) is 11.6. The SMILES string of the molecule is CCC[C@H](N)C(=O)Nc1ccc(Cl)cc1Cl. The molecule has 0 aliphatic rings. The number of amides is 1. The molecule has 1 aromatic rings. The van der Waals surface area contributed by atoms with E-state index in [2.05, 4.69) is 5.32 Å². The average molecular weight is 261 g/mol. The van der Waals surface area contributed by atoms with Gasteiger partial charge in [-0.3, -0.25) is 4.79 Å². The quantitative estimate of drug-likeness (QED) is 0.875. The fraction of sp³-hybridized carbons (Fsp3) is 0.364. The van der Waals surface area contributed by atoms with Gasteiger partial charge in [-0.05, 0) is 24.6 Å². The Labute approximate surface area is 105 Å². The molecule has 0 saturated heterocycles. The highest BCUT2D eigenvalue weighted by molar-refractivity contribution is 6.36. The molecule has 88 valence electrons. The van der Waals surface area contributed by atoms with E-state index >= 15 is 0 Å². The van der Waals surface area contributed by atoms with Crippen LogP contribution in [0.2, 0.25) is 10.0 Å². The van der Waals surface area contributed by atoms with Gasteiger partial charge in [-0.15, -0.1) is 0 Å². The van der Waals surface area contributed by atoms with Gasteiger partial charge >= 0.3 is 0 Å². The second-order valence-corrected chi connectivity index (χ2v) is 4.35. The highest BCUT2D eigenvalue weighted by Crippen LogP contribution is 2.25. The molecule has 0 saturated carbocycles. The van der Waals surface area contributed by atoms with E-state index in [-0.39, 0.29) is 5.91 Å². The minimum atomic E-state index is -0.503. The Hall–Kier alpha value is -0.770. The van der Waals surface area contributed by atoms with Crippen molar-refractivity contribution in [2.24, 2.45) is 5.73 Å². The Morgan fingerprint density at radius 1 is 1.50 bits per heavy atom. The number of benzene rings is 1. The molecule has 3 nitrogen and oxygen atoms in total. The average Bonchev–Trinajstić information content (AvgIpc) is 2.22. The van der Waals surface area contributed by atoms with E-state index < -0.39 is 6.04 Å². The van der Waals surface area contributed by atoms with Crippen LogP contribution in [0.5, 0.6) is 0 Å². The summed E-state index contributed by atoms with van der Waals surface area (Å²) >= 11 is 11.7. The van der Waals surface area contributed by atoms with E-state index in [1.54, 1.807) is 18.2 Å².